The van der Waals surface area contributed by atoms with Crippen LogP contribution < -0.4 is 4.74 Å². The summed E-state index contributed by atoms with van der Waals surface area (Å²) in [5, 5.41) is 0. The fraction of sp³-hybridized carbons (Fsp3) is 0.250. The summed E-state index contributed by atoms with van der Waals surface area (Å²) >= 11 is 0. The van der Waals surface area contributed by atoms with E-state index in [0.29, 0.717) is 12.2 Å². The Morgan fingerprint density at radius 3 is 1.57 bits per heavy atom. The molecule has 0 fully saturated rings. The van der Waals surface area contributed by atoms with Crippen LogP contribution in [0, 0.1) is 11.6 Å². The molecule has 0 aliphatic heterocycles. The Labute approximate surface area is 207 Å². The Bertz CT molecular complexity index is 1230. The van der Waals surface area contributed by atoms with Crippen LogP contribution in [-0.2, 0) is 6.42 Å². The summed E-state index contributed by atoms with van der Waals surface area (Å²) in [6.45, 7) is 4.50. The molecule has 0 spiro atoms. The molecule has 4 aromatic carbocycles. The van der Waals surface area contributed by atoms with Gasteiger partial charge in [0.1, 0.15) is 0 Å². The summed E-state index contributed by atoms with van der Waals surface area (Å²) < 4.78 is 34.3. The van der Waals surface area contributed by atoms with Gasteiger partial charge in [-0.1, -0.05) is 99.5 Å². The zero-order valence-corrected chi connectivity index (χ0v) is 20.5. The summed E-state index contributed by atoms with van der Waals surface area (Å²) in [4.78, 5) is 0. The minimum atomic E-state index is -0.940. The molecule has 0 saturated heterocycles. The van der Waals surface area contributed by atoms with Crippen LogP contribution in [0.2, 0.25) is 0 Å². The van der Waals surface area contributed by atoms with Crippen LogP contribution >= 0.6 is 0 Å². The lowest BCUT2D eigenvalue weighted by atomic mass is 9.97. The quantitative estimate of drug-likeness (QED) is 0.210. The number of benzene rings is 4. The van der Waals surface area contributed by atoms with Crippen LogP contribution in [0.25, 0.3) is 33.4 Å². The standard InChI is InChI=1S/C32H32F2O/c1-3-5-6-7-23-8-10-24(11-9-23)25-12-14-26(15-13-25)27-16-18-28(19-17-27)29-20-21-30(35-22-4-2)32(34)31(29)33/h8-21H,3-7,22H2,1-2H3. The van der Waals surface area contributed by atoms with E-state index in [1.54, 1.807) is 6.07 Å². The Kier molecular flexibility index (Phi) is 8.31. The predicted molar refractivity (Wildman–Crippen MR) is 142 cm³/mol. The predicted octanol–water partition coefficient (Wildman–Crippen LogP) is 9.49. The van der Waals surface area contributed by atoms with Crippen molar-refractivity contribution >= 4 is 0 Å². The summed E-state index contributed by atoms with van der Waals surface area (Å²) in [6, 6.07) is 27.9. The second-order valence-electron chi connectivity index (χ2n) is 8.90. The lowest BCUT2D eigenvalue weighted by Gasteiger charge is -2.11. The molecule has 4 aromatic rings. The van der Waals surface area contributed by atoms with Gasteiger partial charge in [-0.3, -0.25) is 0 Å². The maximum atomic E-state index is 14.7. The first kappa shape index (κ1) is 24.7. The lowest BCUT2D eigenvalue weighted by molar-refractivity contribution is 0.295. The van der Waals surface area contributed by atoms with Crippen molar-refractivity contribution < 1.29 is 13.5 Å². The van der Waals surface area contributed by atoms with Gasteiger partial charge >= 0.3 is 0 Å². The second-order valence-corrected chi connectivity index (χ2v) is 8.90. The average Bonchev–Trinajstić information content (AvgIpc) is 2.90. The van der Waals surface area contributed by atoms with E-state index in [1.807, 2.05) is 31.2 Å². The lowest BCUT2D eigenvalue weighted by Crippen LogP contribution is -2.00. The highest BCUT2D eigenvalue weighted by molar-refractivity contribution is 5.73. The molecule has 1 nitrogen and oxygen atoms in total. The third-order valence-corrected chi connectivity index (χ3v) is 6.28. The number of halogens is 2. The van der Waals surface area contributed by atoms with Crippen molar-refractivity contribution in [3.8, 4) is 39.1 Å². The zero-order chi connectivity index (χ0) is 24.6. The van der Waals surface area contributed by atoms with Crippen LogP contribution in [0.1, 0.15) is 45.1 Å². The van der Waals surface area contributed by atoms with Crippen LogP contribution in [0.4, 0.5) is 8.78 Å². The smallest absolute Gasteiger partial charge is 0.201 e. The van der Waals surface area contributed by atoms with Crippen molar-refractivity contribution in [2.75, 3.05) is 6.61 Å². The number of aryl methyl sites for hydroxylation is 1. The van der Waals surface area contributed by atoms with Gasteiger partial charge in [-0.2, -0.15) is 4.39 Å². The molecule has 0 aliphatic rings. The van der Waals surface area contributed by atoms with E-state index in [-0.39, 0.29) is 11.3 Å². The number of rotatable bonds is 10. The topological polar surface area (TPSA) is 9.23 Å². The van der Waals surface area contributed by atoms with Gasteiger partial charge in [0.2, 0.25) is 5.82 Å². The largest absolute Gasteiger partial charge is 0.490 e. The van der Waals surface area contributed by atoms with E-state index in [9.17, 15) is 8.78 Å². The highest BCUT2D eigenvalue weighted by atomic mass is 19.2. The van der Waals surface area contributed by atoms with Gasteiger partial charge in [0.25, 0.3) is 0 Å². The minimum Gasteiger partial charge on any atom is -0.490 e. The Balaban J connectivity index is 1.47. The van der Waals surface area contributed by atoms with E-state index in [4.69, 9.17) is 4.74 Å². The summed E-state index contributed by atoms with van der Waals surface area (Å²) in [6.07, 6.45) is 5.62. The van der Waals surface area contributed by atoms with Crippen molar-refractivity contribution in [1.82, 2.24) is 0 Å². The van der Waals surface area contributed by atoms with Crippen LogP contribution in [0.3, 0.4) is 0 Å². The van der Waals surface area contributed by atoms with Gasteiger partial charge in [0.15, 0.2) is 11.6 Å². The summed E-state index contributed by atoms with van der Waals surface area (Å²) in [5.74, 6) is -1.87. The van der Waals surface area contributed by atoms with Gasteiger partial charge in [-0.25, -0.2) is 4.39 Å². The SMILES string of the molecule is CCCCCc1ccc(-c2ccc(-c3ccc(-c4ccc(OCCC)c(F)c4F)cc3)cc2)cc1. The molecule has 0 heterocycles. The third kappa shape index (κ3) is 5.97. The van der Waals surface area contributed by atoms with Crippen molar-refractivity contribution in [3.63, 3.8) is 0 Å². The number of unbranched alkanes of at least 4 members (excludes halogenated alkanes) is 2. The molecule has 0 amide bonds. The van der Waals surface area contributed by atoms with Gasteiger partial charge in [-0.05, 0) is 64.8 Å². The molecule has 3 heteroatoms. The first-order valence-corrected chi connectivity index (χ1v) is 12.5. The van der Waals surface area contributed by atoms with E-state index < -0.39 is 11.6 Å². The molecular weight excluding hydrogens is 438 g/mol. The normalized spacial score (nSPS) is 11.0. The Morgan fingerprint density at radius 1 is 0.543 bits per heavy atom. The Morgan fingerprint density at radius 2 is 1.06 bits per heavy atom. The van der Waals surface area contributed by atoms with E-state index in [1.165, 1.54) is 42.0 Å². The zero-order valence-electron chi connectivity index (χ0n) is 20.5. The molecular formula is C32H32F2O. The Hall–Kier alpha value is -3.46. The van der Waals surface area contributed by atoms with Gasteiger partial charge in [0.05, 0.1) is 6.61 Å². The van der Waals surface area contributed by atoms with Crippen molar-refractivity contribution in [2.45, 2.75) is 46.0 Å². The highest BCUT2D eigenvalue weighted by Crippen LogP contribution is 2.32. The van der Waals surface area contributed by atoms with Crippen molar-refractivity contribution in [1.29, 1.82) is 0 Å². The monoisotopic (exact) mass is 470 g/mol. The fourth-order valence-electron chi connectivity index (χ4n) is 4.22. The molecule has 0 N–H and O–H groups in total. The maximum absolute atomic E-state index is 14.7. The number of hydrogen-bond acceptors (Lipinski definition) is 1. The van der Waals surface area contributed by atoms with Crippen molar-refractivity contribution in [2.24, 2.45) is 0 Å². The van der Waals surface area contributed by atoms with E-state index in [0.717, 1.165) is 24.0 Å². The van der Waals surface area contributed by atoms with Crippen LogP contribution in [0.5, 0.6) is 5.75 Å². The van der Waals surface area contributed by atoms with Gasteiger partial charge in [0, 0.05) is 5.56 Å². The summed E-state index contributed by atoms with van der Waals surface area (Å²) in [7, 11) is 0. The van der Waals surface area contributed by atoms with Crippen molar-refractivity contribution in [3.05, 3.63) is 102 Å². The minimum absolute atomic E-state index is 0.0454. The molecule has 0 radical (unpaired) electrons. The maximum Gasteiger partial charge on any atom is 0.201 e. The van der Waals surface area contributed by atoms with E-state index in [2.05, 4.69) is 55.5 Å². The van der Waals surface area contributed by atoms with Gasteiger partial charge in [-0.15, -0.1) is 0 Å². The molecule has 0 unspecified atom stereocenters. The molecule has 0 aliphatic carbocycles. The highest BCUT2D eigenvalue weighted by Gasteiger charge is 2.16. The third-order valence-electron chi connectivity index (χ3n) is 6.28. The molecule has 4 rings (SSSR count). The fourth-order valence-corrected chi connectivity index (χ4v) is 4.22. The number of hydrogen-bond donors (Lipinski definition) is 0. The molecule has 180 valence electrons. The number of ether oxygens (including phenoxy) is 1. The second kappa shape index (κ2) is 11.8. The van der Waals surface area contributed by atoms with E-state index >= 15 is 0 Å². The molecule has 0 bridgehead atoms. The first-order chi connectivity index (χ1) is 17.1. The van der Waals surface area contributed by atoms with Crippen LogP contribution in [-0.4, -0.2) is 6.61 Å². The molecule has 0 atom stereocenters. The summed E-state index contributed by atoms with van der Waals surface area (Å²) in [5.41, 5.74) is 6.72. The molecule has 35 heavy (non-hydrogen) atoms. The first-order valence-electron chi connectivity index (χ1n) is 12.5. The van der Waals surface area contributed by atoms with Gasteiger partial charge < -0.3 is 4.74 Å². The average molecular weight is 471 g/mol. The molecule has 0 saturated carbocycles. The van der Waals surface area contributed by atoms with Crippen LogP contribution in [0.15, 0.2) is 84.9 Å². The molecule has 0 aromatic heterocycles.